The zero-order chi connectivity index (χ0) is 28.4. The number of halogens is 5. The first-order valence-electron chi connectivity index (χ1n) is 12.1. The van der Waals surface area contributed by atoms with E-state index in [1.165, 1.54) is 12.1 Å². The fourth-order valence-electron chi connectivity index (χ4n) is 4.32. The lowest BCUT2D eigenvalue weighted by atomic mass is 9.85. The van der Waals surface area contributed by atoms with Gasteiger partial charge in [-0.2, -0.15) is 13.2 Å². The molecular formula is C26H31F5N4O3. The second kappa shape index (κ2) is 11.2. The minimum Gasteiger partial charge on any atom is -0.404 e. The van der Waals surface area contributed by atoms with Crippen LogP contribution in [0.2, 0.25) is 0 Å². The fraction of sp³-hybridized carbons (Fsp3) is 0.462. The Hall–Kier alpha value is -3.25. The van der Waals surface area contributed by atoms with Crippen LogP contribution < -0.4 is 15.8 Å². The van der Waals surface area contributed by atoms with Crippen LogP contribution in [0, 0.1) is 11.6 Å². The standard InChI is InChI=1S/C26H31F5N4O3/c1-5-34-8-10-35(11-9-34)14-16-7-6-15(12-17(16)26(29,30)31)23(36)33-21-18(25(2,3)4)13-19(27)22(20(21)28)38-24(32)37/h6-7,12-13H,5,8-11,14H2,1-4H3,(H2,32,37)(H,33,36). The lowest BCUT2D eigenvalue weighted by Crippen LogP contribution is -2.45. The van der Waals surface area contributed by atoms with Crippen LogP contribution in [-0.2, 0) is 18.1 Å². The van der Waals surface area contributed by atoms with Gasteiger partial charge in [0.2, 0.25) is 5.75 Å². The summed E-state index contributed by atoms with van der Waals surface area (Å²) < 4.78 is 76.1. The van der Waals surface area contributed by atoms with Crippen molar-refractivity contribution in [3.8, 4) is 5.75 Å². The second-order valence-electron chi connectivity index (χ2n) is 10.1. The Morgan fingerprint density at radius 3 is 2.13 bits per heavy atom. The Kier molecular flexibility index (Phi) is 8.67. The van der Waals surface area contributed by atoms with E-state index in [9.17, 15) is 27.2 Å². The quantitative estimate of drug-likeness (QED) is 0.495. The van der Waals surface area contributed by atoms with Gasteiger partial charge in [0.15, 0.2) is 11.6 Å². The Labute approximate surface area is 217 Å². The number of alkyl halides is 3. The van der Waals surface area contributed by atoms with E-state index < -0.39 is 52.2 Å². The van der Waals surface area contributed by atoms with Crippen LogP contribution in [-0.4, -0.2) is 54.5 Å². The summed E-state index contributed by atoms with van der Waals surface area (Å²) in [6, 6.07) is 4.05. The number of benzene rings is 2. The van der Waals surface area contributed by atoms with Gasteiger partial charge in [0.05, 0.1) is 11.3 Å². The lowest BCUT2D eigenvalue weighted by Gasteiger charge is -2.34. The third kappa shape index (κ3) is 6.79. The molecule has 2 amide bonds. The maximum Gasteiger partial charge on any atom is 0.416 e. The number of primary amides is 1. The van der Waals surface area contributed by atoms with Crippen LogP contribution >= 0.6 is 0 Å². The fourth-order valence-corrected chi connectivity index (χ4v) is 4.32. The molecule has 0 aromatic heterocycles. The molecule has 38 heavy (non-hydrogen) atoms. The summed E-state index contributed by atoms with van der Waals surface area (Å²) in [4.78, 5) is 28.3. The number of anilines is 1. The van der Waals surface area contributed by atoms with E-state index in [2.05, 4.69) is 15.0 Å². The molecule has 2 aromatic rings. The van der Waals surface area contributed by atoms with Gasteiger partial charge in [-0.3, -0.25) is 9.69 Å². The van der Waals surface area contributed by atoms with Crippen molar-refractivity contribution in [1.82, 2.24) is 9.80 Å². The van der Waals surface area contributed by atoms with E-state index in [1.54, 1.807) is 20.8 Å². The summed E-state index contributed by atoms with van der Waals surface area (Å²) in [5, 5.41) is 2.24. The number of rotatable bonds is 6. The van der Waals surface area contributed by atoms with Gasteiger partial charge in [0.25, 0.3) is 5.91 Å². The van der Waals surface area contributed by atoms with E-state index in [0.29, 0.717) is 19.2 Å². The molecule has 0 bridgehead atoms. The normalized spacial score (nSPS) is 15.4. The molecule has 12 heteroatoms. The minimum atomic E-state index is -4.74. The molecule has 2 aromatic carbocycles. The van der Waals surface area contributed by atoms with E-state index in [1.807, 2.05) is 11.8 Å². The van der Waals surface area contributed by atoms with Gasteiger partial charge < -0.3 is 20.7 Å². The summed E-state index contributed by atoms with van der Waals surface area (Å²) in [6.45, 7) is 10.5. The number of likely N-dealkylation sites (N-methyl/N-ethyl adjacent to an activating group) is 1. The highest BCUT2D eigenvalue weighted by Crippen LogP contribution is 2.39. The molecule has 3 N–H and O–H groups in total. The van der Waals surface area contributed by atoms with E-state index in [4.69, 9.17) is 5.73 Å². The number of hydrogen-bond donors (Lipinski definition) is 2. The number of nitrogens with two attached hydrogens (primary N) is 1. The molecule has 0 aliphatic carbocycles. The average molecular weight is 543 g/mol. The summed E-state index contributed by atoms with van der Waals surface area (Å²) in [6.07, 6.45) is -6.22. The molecule has 1 aliphatic rings. The third-order valence-electron chi connectivity index (χ3n) is 6.41. The summed E-state index contributed by atoms with van der Waals surface area (Å²) in [7, 11) is 0. The minimum absolute atomic E-state index is 0.00319. The molecule has 1 fully saturated rings. The van der Waals surface area contributed by atoms with Crippen molar-refractivity contribution in [3.05, 3.63) is 58.2 Å². The van der Waals surface area contributed by atoms with Crippen LogP contribution in [0.1, 0.15) is 54.7 Å². The number of nitrogens with one attached hydrogen (secondary N) is 1. The Morgan fingerprint density at radius 2 is 1.61 bits per heavy atom. The average Bonchev–Trinajstić information content (AvgIpc) is 2.82. The number of hydrogen-bond acceptors (Lipinski definition) is 5. The maximum atomic E-state index is 15.2. The number of carbonyl (C=O) groups excluding carboxylic acids is 2. The number of ether oxygens (including phenoxy) is 1. The van der Waals surface area contributed by atoms with Crippen LogP contribution in [0.25, 0.3) is 0 Å². The van der Waals surface area contributed by atoms with Crippen LogP contribution in [0.3, 0.4) is 0 Å². The first-order chi connectivity index (χ1) is 17.6. The predicted molar refractivity (Wildman–Crippen MR) is 132 cm³/mol. The lowest BCUT2D eigenvalue weighted by molar-refractivity contribution is -0.138. The number of nitrogens with zero attached hydrogens (tertiary/aromatic N) is 2. The van der Waals surface area contributed by atoms with Gasteiger partial charge in [0.1, 0.15) is 0 Å². The van der Waals surface area contributed by atoms with Crippen LogP contribution in [0.15, 0.2) is 24.3 Å². The van der Waals surface area contributed by atoms with Crippen molar-refractivity contribution in [1.29, 1.82) is 0 Å². The van der Waals surface area contributed by atoms with E-state index in [-0.39, 0.29) is 23.2 Å². The molecule has 0 saturated carbocycles. The number of amides is 2. The van der Waals surface area contributed by atoms with Gasteiger partial charge in [-0.05, 0) is 41.3 Å². The first kappa shape index (κ1) is 29.3. The largest absolute Gasteiger partial charge is 0.416 e. The van der Waals surface area contributed by atoms with Crippen molar-refractivity contribution in [2.24, 2.45) is 5.73 Å². The number of piperazine rings is 1. The molecule has 1 aliphatic heterocycles. The summed E-state index contributed by atoms with van der Waals surface area (Å²) >= 11 is 0. The smallest absolute Gasteiger partial charge is 0.404 e. The monoisotopic (exact) mass is 542 g/mol. The highest BCUT2D eigenvalue weighted by atomic mass is 19.4. The summed E-state index contributed by atoms with van der Waals surface area (Å²) in [5.74, 6) is -4.83. The second-order valence-corrected chi connectivity index (χ2v) is 10.1. The molecule has 1 saturated heterocycles. The third-order valence-corrected chi connectivity index (χ3v) is 6.41. The van der Waals surface area contributed by atoms with Crippen molar-refractivity contribution in [2.45, 2.75) is 45.8 Å². The molecule has 208 valence electrons. The van der Waals surface area contributed by atoms with Gasteiger partial charge in [-0.15, -0.1) is 0 Å². The van der Waals surface area contributed by atoms with Gasteiger partial charge in [0, 0.05) is 38.3 Å². The van der Waals surface area contributed by atoms with Crippen LogP contribution in [0.5, 0.6) is 5.75 Å². The zero-order valence-electron chi connectivity index (χ0n) is 21.6. The zero-order valence-corrected chi connectivity index (χ0v) is 21.6. The highest BCUT2D eigenvalue weighted by Gasteiger charge is 2.35. The highest BCUT2D eigenvalue weighted by molar-refractivity contribution is 6.05. The van der Waals surface area contributed by atoms with Crippen molar-refractivity contribution in [3.63, 3.8) is 0 Å². The van der Waals surface area contributed by atoms with E-state index >= 15 is 4.39 Å². The van der Waals surface area contributed by atoms with Crippen LogP contribution in [0.4, 0.5) is 32.4 Å². The molecule has 0 radical (unpaired) electrons. The maximum absolute atomic E-state index is 15.2. The molecule has 0 unspecified atom stereocenters. The SMILES string of the molecule is CCN1CCN(Cc2ccc(C(=O)Nc3c(C(C)(C)C)cc(F)c(OC(N)=O)c3F)cc2C(F)(F)F)CC1. The van der Waals surface area contributed by atoms with Crippen molar-refractivity contribution < 1.29 is 36.3 Å². The molecule has 0 spiro atoms. The Balaban J connectivity index is 1.96. The van der Waals surface area contributed by atoms with Crippen molar-refractivity contribution >= 4 is 17.7 Å². The molecule has 3 rings (SSSR count). The Bertz CT molecular complexity index is 1200. The summed E-state index contributed by atoms with van der Waals surface area (Å²) in [5.41, 5.74) is 2.10. The van der Waals surface area contributed by atoms with Gasteiger partial charge in [-0.25, -0.2) is 13.6 Å². The van der Waals surface area contributed by atoms with E-state index in [0.717, 1.165) is 25.7 Å². The topological polar surface area (TPSA) is 87.9 Å². The Morgan fingerprint density at radius 1 is 1.00 bits per heavy atom. The molecule has 0 atom stereocenters. The molecule has 7 nitrogen and oxygen atoms in total. The first-order valence-corrected chi connectivity index (χ1v) is 12.1. The molecular weight excluding hydrogens is 511 g/mol. The molecule has 1 heterocycles. The number of carbonyl (C=O) groups is 2. The predicted octanol–water partition coefficient (Wildman–Crippen LogP) is 5.13. The van der Waals surface area contributed by atoms with Gasteiger partial charge >= 0.3 is 12.3 Å². The van der Waals surface area contributed by atoms with Crippen molar-refractivity contribution in [2.75, 3.05) is 38.0 Å². The van der Waals surface area contributed by atoms with Gasteiger partial charge in [-0.1, -0.05) is 33.8 Å².